The smallest absolute Gasteiger partial charge is 0.160 e. The molecule has 4 aromatic carbocycles. The van der Waals surface area contributed by atoms with Gasteiger partial charge in [0.2, 0.25) is 0 Å². The fourth-order valence-corrected chi connectivity index (χ4v) is 32.8. The van der Waals surface area contributed by atoms with E-state index in [4.69, 9.17) is 0 Å². The maximum Gasteiger partial charge on any atom is 0.446 e. The van der Waals surface area contributed by atoms with Gasteiger partial charge in [0.1, 0.15) is 10.6 Å². The minimum Gasteiger partial charge on any atom is -0.160 e. The lowest BCUT2D eigenvalue weighted by Crippen LogP contribution is -2.49. The molecule has 1 aliphatic rings. The average molecular weight is 1070 g/mol. The van der Waals surface area contributed by atoms with Crippen molar-refractivity contribution in [2.45, 2.75) is 213 Å². The Labute approximate surface area is 426 Å². The fraction of sp³-hybridized carbons (Fsp3) is 0.571. The molecular weight excluding hydrogens is 983 g/mol. The molecule has 1 fully saturated rings. The van der Waals surface area contributed by atoms with Gasteiger partial charge in [-0.1, -0.05) is 232 Å². The molecule has 382 valence electrons. The molecule has 1 saturated carbocycles. The number of alkyl halides is 6. The van der Waals surface area contributed by atoms with E-state index in [0.717, 1.165) is 81.2 Å². The summed E-state index contributed by atoms with van der Waals surface area (Å²) in [5.74, 6) is 0. The average Bonchev–Trinajstić information content (AvgIpc) is 3.34. The second-order valence-corrected chi connectivity index (χ2v) is 36.9. The summed E-state index contributed by atoms with van der Waals surface area (Å²) in [4.78, 5) is 4.37. The minimum absolute atomic E-state index is 0.0278. The summed E-state index contributed by atoms with van der Waals surface area (Å²) < 4.78 is 87.6. The van der Waals surface area contributed by atoms with E-state index in [2.05, 4.69) is 94.9 Å². The molecule has 0 aromatic heterocycles. The van der Waals surface area contributed by atoms with Gasteiger partial charge in [-0.05, 0) is 85.6 Å². The van der Waals surface area contributed by atoms with Crippen LogP contribution >= 0.6 is 39.0 Å². The first-order valence-corrected chi connectivity index (χ1v) is 36.6. The third-order valence-corrected chi connectivity index (χ3v) is 35.4. The number of nitrogens with one attached hydrogen (secondary N) is 1. The quantitative estimate of drug-likeness (QED) is 0.0252. The second kappa shape index (κ2) is 28.2. The van der Waals surface area contributed by atoms with Crippen molar-refractivity contribution in [3.8, 4) is 0 Å². The van der Waals surface area contributed by atoms with Gasteiger partial charge in [0.15, 0.2) is 7.41 Å². The van der Waals surface area contributed by atoms with Crippen LogP contribution in [-0.2, 0) is 0 Å². The molecule has 0 amide bonds. The van der Waals surface area contributed by atoms with Gasteiger partial charge in [0, 0.05) is 20.4 Å². The standard InChI is InChI=1S/C56H82F6NP2S2Si2/c1-7-13-40-68(41-14-8-2,42-15-9-3)49-36-32-47(33-37-49)65(46-26-20-19-21-27-46,48-34-38-50(39-35-48)69(43-16-10-4,44-17-11-5)45-18-12-6)63-64(51-28-22-24-30-53(51)66-55(57,58)59)52-29-23-25-31-54(52)67-56(60,61)62/h22-25,28-39,46,63H,7-21,26-27,40-45H2,1-6H3/q+1. The Kier molecular flexibility index (Phi) is 23.8. The number of hydrogen-bond acceptors (Lipinski definition) is 3. The van der Waals surface area contributed by atoms with Gasteiger partial charge in [0.05, 0.1) is 29.9 Å². The highest BCUT2D eigenvalue weighted by Gasteiger charge is 2.54. The lowest BCUT2D eigenvalue weighted by atomic mass is 10.0. The van der Waals surface area contributed by atoms with Crippen LogP contribution in [-0.4, -0.2) is 32.8 Å². The molecule has 0 unspecified atom stereocenters. The molecule has 13 heteroatoms. The van der Waals surface area contributed by atoms with E-state index in [1.807, 2.05) is 0 Å². The van der Waals surface area contributed by atoms with Crippen LogP contribution in [0, 0.1) is 0 Å². The SMILES string of the molecule is CCCC[Si](CCCC)(CCCC)c1ccc([P+](NP(c2ccccc2SC(F)(F)F)c2ccccc2SC(F)(F)F)(c2ccc([Si](CCCC)(CCCC)CCCC)cc2)C2CCCCC2)cc1. The summed E-state index contributed by atoms with van der Waals surface area (Å²) in [6, 6.07) is 40.0. The van der Waals surface area contributed by atoms with Crippen molar-refractivity contribution >= 4 is 86.7 Å². The number of halogens is 6. The van der Waals surface area contributed by atoms with Crippen LogP contribution in [0.15, 0.2) is 107 Å². The van der Waals surface area contributed by atoms with Crippen LogP contribution in [0.25, 0.3) is 0 Å². The van der Waals surface area contributed by atoms with Gasteiger partial charge >= 0.3 is 11.0 Å². The first-order chi connectivity index (χ1) is 33.1. The molecule has 1 nitrogen and oxygen atoms in total. The van der Waals surface area contributed by atoms with Crippen LogP contribution in [0.3, 0.4) is 0 Å². The summed E-state index contributed by atoms with van der Waals surface area (Å²) in [6.45, 7) is 13.8. The van der Waals surface area contributed by atoms with Crippen molar-refractivity contribution in [2.24, 2.45) is 0 Å². The van der Waals surface area contributed by atoms with Crippen LogP contribution in [0.2, 0.25) is 36.3 Å². The van der Waals surface area contributed by atoms with Crippen molar-refractivity contribution in [2.75, 3.05) is 0 Å². The van der Waals surface area contributed by atoms with Crippen molar-refractivity contribution in [3.05, 3.63) is 97.1 Å². The predicted octanol–water partition coefficient (Wildman–Crippen LogP) is 17.9. The first kappa shape index (κ1) is 58.3. The second-order valence-electron chi connectivity index (χ2n) is 19.8. The lowest BCUT2D eigenvalue weighted by Gasteiger charge is -2.40. The zero-order chi connectivity index (χ0) is 50.0. The summed E-state index contributed by atoms with van der Waals surface area (Å²) in [5, 5.41) is 6.14. The van der Waals surface area contributed by atoms with E-state index < -0.39 is 42.6 Å². The maximum atomic E-state index is 14.6. The van der Waals surface area contributed by atoms with E-state index in [0.29, 0.717) is 10.6 Å². The Morgan fingerprint density at radius 2 is 0.797 bits per heavy atom. The van der Waals surface area contributed by atoms with Crippen LogP contribution in [0.5, 0.6) is 0 Å². The van der Waals surface area contributed by atoms with Crippen molar-refractivity contribution in [1.29, 1.82) is 0 Å². The Hall–Kier alpha value is -1.59. The van der Waals surface area contributed by atoms with Gasteiger partial charge in [-0.3, -0.25) is 0 Å². The number of rotatable bonds is 29. The molecule has 0 spiro atoms. The minimum atomic E-state index is -4.59. The molecule has 0 bridgehead atoms. The van der Waals surface area contributed by atoms with E-state index >= 15 is 0 Å². The first-order valence-electron chi connectivity index (χ1n) is 26.5. The number of thioether (sulfide) groups is 2. The normalized spacial score (nSPS) is 14.5. The van der Waals surface area contributed by atoms with Gasteiger partial charge in [-0.25, -0.2) is 0 Å². The number of hydrogen-bond donors (Lipinski definition) is 1. The molecule has 0 heterocycles. The monoisotopic (exact) mass is 1060 g/mol. The summed E-state index contributed by atoms with van der Waals surface area (Å²) >= 11 is -0.322. The van der Waals surface area contributed by atoms with Crippen molar-refractivity contribution in [1.82, 2.24) is 4.86 Å². The highest BCUT2D eigenvalue weighted by Crippen LogP contribution is 2.66. The highest BCUT2D eigenvalue weighted by molar-refractivity contribution is 8.02. The topological polar surface area (TPSA) is 12.0 Å². The molecule has 0 radical (unpaired) electrons. The van der Waals surface area contributed by atoms with E-state index in [1.165, 1.54) is 97.3 Å². The van der Waals surface area contributed by atoms with E-state index in [1.54, 1.807) is 36.4 Å². The molecule has 4 aromatic rings. The Morgan fingerprint density at radius 1 is 0.478 bits per heavy atom. The molecular formula is C56H82F6NP2S2Si2+. The molecule has 69 heavy (non-hydrogen) atoms. The molecule has 5 rings (SSSR count). The zero-order valence-electron chi connectivity index (χ0n) is 42.6. The van der Waals surface area contributed by atoms with Crippen LogP contribution in [0.1, 0.15) is 151 Å². The Bertz CT molecular complexity index is 1920. The van der Waals surface area contributed by atoms with Crippen LogP contribution < -0.4 is 36.4 Å². The van der Waals surface area contributed by atoms with Gasteiger partial charge in [-0.15, -0.1) is 0 Å². The molecule has 0 atom stereocenters. The Balaban J connectivity index is 1.88. The summed E-state index contributed by atoms with van der Waals surface area (Å²) in [5.41, 5.74) is -9.04. The maximum absolute atomic E-state index is 14.6. The zero-order valence-corrected chi connectivity index (χ0v) is 48.0. The van der Waals surface area contributed by atoms with Gasteiger partial charge < -0.3 is 0 Å². The summed E-state index contributed by atoms with van der Waals surface area (Å²) in [7, 11) is -8.67. The molecule has 1 aliphatic carbocycles. The number of unbranched alkanes of at least 4 members (excludes halogenated alkanes) is 6. The summed E-state index contributed by atoms with van der Waals surface area (Å²) in [6.07, 6.45) is 19.3. The third-order valence-electron chi connectivity index (χ3n) is 14.9. The van der Waals surface area contributed by atoms with Gasteiger partial charge in [-0.2, -0.15) is 31.2 Å². The fourth-order valence-electron chi connectivity index (χ4n) is 11.1. The number of benzene rings is 4. The lowest BCUT2D eigenvalue weighted by molar-refractivity contribution is -0.0336. The van der Waals surface area contributed by atoms with Gasteiger partial charge in [0.25, 0.3) is 0 Å². The predicted molar refractivity (Wildman–Crippen MR) is 301 cm³/mol. The Morgan fingerprint density at radius 3 is 1.10 bits per heavy atom. The highest BCUT2D eigenvalue weighted by atomic mass is 32.2. The largest absolute Gasteiger partial charge is 0.446 e. The van der Waals surface area contributed by atoms with Crippen molar-refractivity contribution in [3.63, 3.8) is 0 Å². The van der Waals surface area contributed by atoms with Crippen LogP contribution in [0.4, 0.5) is 26.3 Å². The van der Waals surface area contributed by atoms with E-state index in [-0.39, 0.29) is 39.0 Å². The van der Waals surface area contributed by atoms with E-state index in [9.17, 15) is 26.3 Å². The third kappa shape index (κ3) is 16.0. The van der Waals surface area contributed by atoms with Crippen molar-refractivity contribution < 1.29 is 26.3 Å². The molecule has 1 N–H and O–H groups in total. The molecule has 0 aliphatic heterocycles. The molecule has 0 saturated heterocycles.